The number of Topliss-reactive ketones (excluding diaryl/α,β-unsaturated/α-hetero) is 1. The minimum absolute atomic E-state index is 0.412. The fourth-order valence-corrected chi connectivity index (χ4v) is 2.26. The van der Waals surface area contributed by atoms with Crippen LogP contribution in [0.3, 0.4) is 0 Å². The molecule has 0 unspecified atom stereocenters. The van der Waals surface area contributed by atoms with Crippen molar-refractivity contribution in [2.45, 2.75) is 6.42 Å². The summed E-state index contributed by atoms with van der Waals surface area (Å²) in [6.45, 7) is 0.506. The zero-order valence-corrected chi connectivity index (χ0v) is 10.2. The van der Waals surface area contributed by atoms with Crippen molar-refractivity contribution in [1.29, 1.82) is 0 Å². The molecule has 1 aliphatic heterocycles. The Labute approximate surface area is 110 Å². The smallest absolute Gasteiger partial charge is 0.299 e. The minimum Gasteiger partial charge on any atom is -0.304 e. The Morgan fingerprint density at radius 3 is 2.53 bits per heavy atom. The molecular formula is C15H12N2O2. The van der Waals surface area contributed by atoms with Gasteiger partial charge in [-0.3, -0.25) is 14.6 Å². The van der Waals surface area contributed by atoms with E-state index in [0.717, 1.165) is 5.56 Å². The predicted molar refractivity (Wildman–Crippen MR) is 71.1 cm³/mol. The first-order valence-electron chi connectivity index (χ1n) is 6.11. The van der Waals surface area contributed by atoms with E-state index in [4.69, 9.17) is 0 Å². The average molecular weight is 252 g/mol. The maximum atomic E-state index is 11.9. The van der Waals surface area contributed by atoms with E-state index in [-0.39, 0.29) is 0 Å². The van der Waals surface area contributed by atoms with Crippen LogP contribution < -0.4 is 4.90 Å². The minimum atomic E-state index is -0.435. The number of rotatable bonds is 3. The van der Waals surface area contributed by atoms with Gasteiger partial charge in [-0.05, 0) is 36.2 Å². The number of anilines is 1. The molecule has 0 N–H and O–H groups in total. The monoisotopic (exact) mass is 252 g/mol. The van der Waals surface area contributed by atoms with Gasteiger partial charge in [-0.15, -0.1) is 0 Å². The lowest BCUT2D eigenvalue weighted by Crippen LogP contribution is -2.31. The van der Waals surface area contributed by atoms with Gasteiger partial charge in [0.1, 0.15) is 0 Å². The second-order valence-electron chi connectivity index (χ2n) is 4.41. The van der Waals surface area contributed by atoms with Crippen LogP contribution in [0.4, 0.5) is 5.69 Å². The molecule has 0 aliphatic carbocycles. The lowest BCUT2D eigenvalue weighted by Gasteiger charge is -2.16. The summed E-state index contributed by atoms with van der Waals surface area (Å²) < 4.78 is 0. The van der Waals surface area contributed by atoms with Crippen LogP contribution in [-0.4, -0.2) is 23.2 Å². The second-order valence-corrected chi connectivity index (χ2v) is 4.41. The van der Waals surface area contributed by atoms with Crippen LogP contribution in [-0.2, 0) is 11.2 Å². The lowest BCUT2D eigenvalue weighted by molar-refractivity contribution is -0.114. The fraction of sp³-hybridized carbons (Fsp3) is 0.133. The summed E-state index contributed by atoms with van der Waals surface area (Å²) >= 11 is 0. The van der Waals surface area contributed by atoms with E-state index in [1.165, 1.54) is 0 Å². The number of nitrogens with zero attached hydrogens (tertiary/aromatic N) is 2. The SMILES string of the molecule is O=C1C(=O)N(CCc2ccncc2)c2ccccc21. The van der Waals surface area contributed by atoms with Gasteiger partial charge in [0, 0.05) is 18.9 Å². The average Bonchev–Trinajstić information content (AvgIpc) is 2.71. The van der Waals surface area contributed by atoms with Gasteiger partial charge in [0.25, 0.3) is 11.7 Å². The summed E-state index contributed by atoms with van der Waals surface area (Å²) in [6.07, 6.45) is 4.15. The molecule has 0 fully saturated rings. The summed E-state index contributed by atoms with van der Waals surface area (Å²) in [5.41, 5.74) is 2.31. The highest BCUT2D eigenvalue weighted by molar-refractivity contribution is 6.52. The van der Waals surface area contributed by atoms with Gasteiger partial charge in [-0.2, -0.15) is 0 Å². The summed E-state index contributed by atoms with van der Waals surface area (Å²) in [6, 6.07) is 10.9. The zero-order valence-electron chi connectivity index (χ0n) is 10.2. The van der Waals surface area contributed by atoms with Crippen LogP contribution in [0.5, 0.6) is 0 Å². The van der Waals surface area contributed by atoms with Crippen LogP contribution in [0.2, 0.25) is 0 Å². The third-order valence-electron chi connectivity index (χ3n) is 3.25. The first kappa shape index (κ1) is 11.6. The Bertz CT molecular complexity index is 638. The maximum absolute atomic E-state index is 11.9. The Morgan fingerprint density at radius 1 is 1.00 bits per heavy atom. The molecule has 1 amide bonds. The highest BCUT2D eigenvalue weighted by Gasteiger charge is 2.34. The highest BCUT2D eigenvalue weighted by Crippen LogP contribution is 2.28. The largest absolute Gasteiger partial charge is 0.304 e. The third-order valence-corrected chi connectivity index (χ3v) is 3.25. The van der Waals surface area contributed by atoms with Crippen molar-refractivity contribution in [2.24, 2.45) is 0 Å². The molecule has 2 aromatic rings. The Hall–Kier alpha value is -2.49. The Balaban J connectivity index is 1.82. The molecule has 0 atom stereocenters. The van der Waals surface area contributed by atoms with Gasteiger partial charge >= 0.3 is 0 Å². The zero-order chi connectivity index (χ0) is 13.2. The van der Waals surface area contributed by atoms with Crippen molar-refractivity contribution in [2.75, 3.05) is 11.4 Å². The number of benzene rings is 1. The quantitative estimate of drug-likeness (QED) is 0.783. The van der Waals surface area contributed by atoms with E-state index in [1.807, 2.05) is 24.3 Å². The number of para-hydroxylation sites is 1. The number of amides is 1. The van der Waals surface area contributed by atoms with Crippen molar-refractivity contribution in [3.8, 4) is 0 Å². The number of pyridine rings is 1. The molecular weight excluding hydrogens is 240 g/mol. The van der Waals surface area contributed by atoms with Crippen molar-refractivity contribution < 1.29 is 9.59 Å². The normalized spacial score (nSPS) is 13.8. The first-order chi connectivity index (χ1) is 9.27. The third kappa shape index (κ3) is 2.01. The first-order valence-corrected chi connectivity index (χ1v) is 6.11. The lowest BCUT2D eigenvalue weighted by atomic mass is 10.1. The van der Waals surface area contributed by atoms with E-state index in [2.05, 4.69) is 4.98 Å². The molecule has 4 nitrogen and oxygen atoms in total. The number of hydrogen-bond acceptors (Lipinski definition) is 3. The van der Waals surface area contributed by atoms with Gasteiger partial charge in [0.15, 0.2) is 0 Å². The molecule has 4 heteroatoms. The summed E-state index contributed by atoms with van der Waals surface area (Å²) in [4.78, 5) is 29.3. The number of hydrogen-bond donors (Lipinski definition) is 0. The van der Waals surface area contributed by atoms with Crippen molar-refractivity contribution in [3.63, 3.8) is 0 Å². The fourth-order valence-electron chi connectivity index (χ4n) is 2.26. The molecule has 1 aromatic carbocycles. The molecule has 0 saturated heterocycles. The molecule has 19 heavy (non-hydrogen) atoms. The van der Waals surface area contributed by atoms with Gasteiger partial charge in [0.2, 0.25) is 0 Å². The highest BCUT2D eigenvalue weighted by atomic mass is 16.2. The Morgan fingerprint density at radius 2 is 1.74 bits per heavy atom. The second kappa shape index (κ2) is 4.65. The molecule has 3 rings (SSSR count). The standard InChI is InChI=1S/C15H12N2O2/c18-14-12-3-1-2-4-13(12)17(15(14)19)10-7-11-5-8-16-9-6-11/h1-6,8-9H,7,10H2. The summed E-state index contributed by atoms with van der Waals surface area (Å²) in [5.74, 6) is -0.847. The molecule has 0 bridgehead atoms. The molecule has 0 radical (unpaired) electrons. The van der Waals surface area contributed by atoms with Crippen LogP contribution >= 0.6 is 0 Å². The van der Waals surface area contributed by atoms with Crippen molar-refractivity contribution in [3.05, 3.63) is 59.9 Å². The molecule has 94 valence electrons. The molecule has 1 aromatic heterocycles. The van der Waals surface area contributed by atoms with Crippen LogP contribution in [0.25, 0.3) is 0 Å². The van der Waals surface area contributed by atoms with E-state index < -0.39 is 11.7 Å². The molecule has 2 heterocycles. The van der Waals surface area contributed by atoms with Gasteiger partial charge < -0.3 is 4.90 Å². The predicted octanol–water partition coefficient (Wildman–Crippen LogP) is 1.85. The topological polar surface area (TPSA) is 50.3 Å². The molecule has 1 aliphatic rings. The number of fused-ring (bicyclic) bond motifs is 1. The van der Waals surface area contributed by atoms with Crippen molar-refractivity contribution in [1.82, 2.24) is 4.98 Å². The molecule has 0 saturated carbocycles. The van der Waals surface area contributed by atoms with Crippen molar-refractivity contribution >= 4 is 17.4 Å². The summed E-state index contributed by atoms with van der Waals surface area (Å²) in [7, 11) is 0. The number of carbonyl (C=O) groups excluding carboxylic acids is 2. The van der Waals surface area contributed by atoms with Crippen LogP contribution in [0.15, 0.2) is 48.8 Å². The van der Waals surface area contributed by atoms with Crippen LogP contribution in [0, 0.1) is 0 Å². The van der Waals surface area contributed by atoms with E-state index in [9.17, 15) is 9.59 Å². The number of ketones is 1. The number of carbonyl (C=O) groups is 2. The van der Waals surface area contributed by atoms with Gasteiger partial charge in [0.05, 0.1) is 11.3 Å². The number of aromatic nitrogens is 1. The van der Waals surface area contributed by atoms with Gasteiger partial charge in [-0.1, -0.05) is 12.1 Å². The molecule has 0 spiro atoms. The Kier molecular flexibility index (Phi) is 2.83. The van der Waals surface area contributed by atoms with E-state index in [1.54, 1.807) is 29.4 Å². The van der Waals surface area contributed by atoms with Crippen LogP contribution in [0.1, 0.15) is 15.9 Å². The van der Waals surface area contributed by atoms with Gasteiger partial charge in [-0.25, -0.2) is 0 Å². The maximum Gasteiger partial charge on any atom is 0.299 e. The van der Waals surface area contributed by atoms with E-state index >= 15 is 0 Å². The van der Waals surface area contributed by atoms with E-state index in [0.29, 0.717) is 24.2 Å². The summed E-state index contributed by atoms with van der Waals surface area (Å²) in [5, 5.41) is 0.